The smallest absolute Gasteiger partial charge is 0.330 e. The van der Waals surface area contributed by atoms with Crippen LogP contribution in [-0.4, -0.2) is 27.4 Å². The van der Waals surface area contributed by atoms with E-state index in [1.54, 1.807) is 12.2 Å². The molecule has 2 N–H and O–H groups in total. The third-order valence-corrected chi connectivity index (χ3v) is 2.76. The van der Waals surface area contributed by atoms with Crippen LogP contribution >= 0.6 is 15.9 Å². The highest BCUT2D eigenvalue weighted by atomic mass is 79.9. The Hall–Kier alpha value is -1.44. The molecule has 2 rings (SSSR count). The number of aliphatic hydroxyl groups is 1. The molecule has 0 fully saturated rings. The number of nitrogens with zero attached hydrogens (tertiary/aromatic N) is 1. The molecule has 0 saturated heterocycles. The second kappa shape index (κ2) is 5.47. The molecule has 0 bridgehead atoms. The van der Waals surface area contributed by atoms with Crippen molar-refractivity contribution in [2.45, 2.75) is 12.3 Å². The van der Waals surface area contributed by atoms with Crippen LogP contribution in [0.3, 0.4) is 0 Å². The number of aromatic amines is 1. The molecule has 6 nitrogen and oxygen atoms in total. The van der Waals surface area contributed by atoms with Crippen molar-refractivity contribution < 1.29 is 9.84 Å². The van der Waals surface area contributed by atoms with E-state index in [1.165, 1.54) is 21.8 Å². The fourth-order valence-corrected chi connectivity index (χ4v) is 1.91. The first kappa shape index (κ1) is 13.0. The van der Waals surface area contributed by atoms with Crippen LogP contribution in [0.1, 0.15) is 11.8 Å². The van der Waals surface area contributed by atoms with Crippen LogP contribution in [0.5, 0.6) is 0 Å². The van der Waals surface area contributed by atoms with E-state index in [1.807, 2.05) is 0 Å². The van der Waals surface area contributed by atoms with Gasteiger partial charge in [0, 0.05) is 6.20 Å². The first-order valence-electron chi connectivity index (χ1n) is 5.22. The highest BCUT2D eigenvalue weighted by Gasteiger charge is 2.21. The molecule has 96 valence electrons. The fourth-order valence-electron chi connectivity index (χ4n) is 1.63. The summed E-state index contributed by atoms with van der Waals surface area (Å²) >= 11 is 3.07. The molecule has 1 aromatic heterocycles. The number of aromatic nitrogens is 2. The Labute approximate surface area is 110 Å². The first-order valence-corrected chi connectivity index (χ1v) is 6.14. The van der Waals surface area contributed by atoms with Crippen LogP contribution < -0.4 is 11.2 Å². The molecule has 0 aliphatic carbocycles. The summed E-state index contributed by atoms with van der Waals surface area (Å²) in [5, 5.41) is 8.94. The summed E-state index contributed by atoms with van der Waals surface area (Å²) < 4.78 is 6.65. The molecule has 0 saturated carbocycles. The predicted octanol–water partition coefficient (Wildman–Crippen LogP) is 0.348. The van der Waals surface area contributed by atoms with E-state index in [2.05, 4.69) is 20.9 Å². The van der Waals surface area contributed by atoms with Gasteiger partial charge in [-0.1, -0.05) is 22.0 Å². The van der Waals surface area contributed by atoms with Crippen molar-refractivity contribution in [2.75, 3.05) is 6.61 Å². The summed E-state index contributed by atoms with van der Waals surface area (Å²) in [6.07, 6.45) is 5.22. The molecule has 18 heavy (non-hydrogen) atoms. The predicted molar refractivity (Wildman–Crippen MR) is 69.4 cm³/mol. The highest BCUT2D eigenvalue weighted by molar-refractivity contribution is 9.11. The number of hydrogen-bond donors (Lipinski definition) is 2. The number of hydrogen-bond acceptors (Lipinski definition) is 4. The first-order chi connectivity index (χ1) is 8.65. The number of rotatable bonds is 3. The van der Waals surface area contributed by atoms with Gasteiger partial charge in [0.25, 0.3) is 5.56 Å². The lowest BCUT2D eigenvalue weighted by Gasteiger charge is -2.14. The summed E-state index contributed by atoms with van der Waals surface area (Å²) in [5.74, 6) is 0. The van der Waals surface area contributed by atoms with E-state index in [0.717, 1.165) is 0 Å². The normalized spacial score (nSPS) is 23.0. The SMILES string of the molecule is O=c1[nH]c(=O)n([C@H]2C=C[C@@H](CO)O2)cc1/C=C/Br. The zero-order valence-electron chi connectivity index (χ0n) is 9.25. The van der Waals surface area contributed by atoms with Crippen LogP contribution in [0.2, 0.25) is 0 Å². The lowest BCUT2D eigenvalue weighted by atomic mass is 10.3. The van der Waals surface area contributed by atoms with Crippen molar-refractivity contribution in [1.82, 2.24) is 9.55 Å². The standard InChI is InChI=1S/C11H11BrN2O4/c12-4-3-7-5-14(11(17)13-10(7)16)9-2-1-8(6-15)18-9/h1-5,8-9,15H,6H2,(H,13,16,17)/b4-3+/t8-,9+/m0/s1. The van der Waals surface area contributed by atoms with E-state index in [4.69, 9.17) is 9.84 Å². The Morgan fingerprint density at radius 1 is 1.50 bits per heavy atom. The Balaban J connectivity index is 2.40. The summed E-state index contributed by atoms with van der Waals surface area (Å²) in [4.78, 5) is 26.9. The van der Waals surface area contributed by atoms with Gasteiger partial charge in [-0.2, -0.15) is 0 Å². The van der Waals surface area contributed by atoms with Gasteiger partial charge in [0.15, 0.2) is 6.23 Å². The van der Waals surface area contributed by atoms with E-state index in [9.17, 15) is 9.59 Å². The van der Waals surface area contributed by atoms with Crippen molar-refractivity contribution in [3.8, 4) is 0 Å². The van der Waals surface area contributed by atoms with Crippen molar-refractivity contribution in [1.29, 1.82) is 0 Å². The monoisotopic (exact) mass is 314 g/mol. The van der Waals surface area contributed by atoms with Gasteiger partial charge < -0.3 is 9.84 Å². The lowest BCUT2D eigenvalue weighted by molar-refractivity contribution is -0.0103. The van der Waals surface area contributed by atoms with E-state index in [0.29, 0.717) is 5.56 Å². The van der Waals surface area contributed by atoms with Gasteiger partial charge in [-0.25, -0.2) is 4.79 Å². The lowest BCUT2D eigenvalue weighted by Crippen LogP contribution is -2.33. The van der Waals surface area contributed by atoms with E-state index < -0.39 is 23.6 Å². The molecular formula is C11H11BrN2O4. The van der Waals surface area contributed by atoms with Crippen LogP contribution in [0.15, 0.2) is 32.9 Å². The average Bonchev–Trinajstić information content (AvgIpc) is 2.81. The van der Waals surface area contributed by atoms with E-state index >= 15 is 0 Å². The van der Waals surface area contributed by atoms with Crippen molar-refractivity contribution in [3.63, 3.8) is 0 Å². The maximum Gasteiger partial charge on any atom is 0.330 e. The molecule has 0 amide bonds. The maximum absolute atomic E-state index is 11.7. The number of halogens is 1. The maximum atomic E-state index is 11.7. The summed E-state index contributed by atoms with van der Waals surface area (Å²) in [6, 6.07) is 0. The minimum Gasteiger partial charge on any atom is -0.393 e. The Bertz CT molecular complexity index is 602. The topological polar surface area (TPSA) is 84.3 Å². The van der Waals surface area contributed by atoms with Gasteiger partial charge in [-0.05, 0) is 17.1 Å². The fraction of sp³-hybridized carbons (Fsp3) is 0.273. The largest absolute Gasteiger partial charge is 0.393 e. The van der Waals surface area contributed by atoms with Gasteiger partial charge in [-0.3, -0.25) is 14.3 Å². The zero-order valence-corrected chi connectivity index (χ0v) is 10.8. The third kappa shape index (κ3) is 2.53. The van der Waals surface area contributed by atoms with Crippen LogP contribution in [-0.2, 0) is 4.74 Å². The molecule has 7 heteroatoms. The second-order valence-electron chi connectivity index (χ2n) is 3.68. The van der Waals surface area contributed by atoms with Gasteiger partial charge in [-0.15, -0.1) is 0 Å². The van der Waals surface area contributed by atoms with E-state index in [-0.39, 0.29) is 6.61 Å². The van der Waals surface area contributed by atoms with Crippen molar-refractivity contribution in [3.05, 3.63) is 49.7 Å². The molecule has 1 aliphatic heterocycles. The van der Waals surface area contributed by atoms with Crippen LogP contribution in [0.25, 0.3) is 6.08 Å². The Morgan fingerprint density at radius 3 is 2.89 bits per heavy atom. The minimum absolute atomic E-state index is 0.154. The van der Waals surface area contributed by atoms with Crippen LogP contribution in [0.4, 0.5) is 0 Å². The summed E-state index contributed by atoms with van der Waals surface area (Å²) in [7, 11) is 0. The minimum atomic E-state index is -0.617. The Morgan fingerprint density at radius 2 is 2.28 bits per heavy atom. The van der Waals surface area contributed by atoms with Gasteiger partial charge in [0.2, 0.25) is 0 Å². The third-order valence-electron chi connectivity index (χ3n) is 2.50. The number of H-pyrrole nitrogens is 1. The molecule has 1 aliphatic rings. The van der Waals surface area contributed by atoms with Gasteiger partial charge in [0.05, 0.1) is 12.2 Å². The number of aliphatic hydroxyl groups excluding tert-OH is 1. The molecule has 1 aromatic rings. The van der Waals surface area contributed by atoms with Crippen LogP contribution in [0, 0.1) is 0 Å². The molecule has 2 heterocycles. The summed E-state index contributed by atoms with van der Waals surface area (Å²) in [6.45, 7) is -0.154. The molecule has 0 unspecified atom stereocenters. The average molecular weight is 315 g/mol. The highest BCUT2D eigenvalue weighted by Crippen LogP contribution is 2.19. The van der Waals surface area contributed by atoms with Crippen molar-refractivity contribution in [2.24, 2.45) is 0 Å². The molecule has 0 aromatic carbocycles. The molecule has 0 spiro atoms. The number of nitrogens with one attached hydrogen (secondary N) is 1. The molecule has 2 atom stereocenters. The van der Waals surface area contributed by atoms with Gasteiger partial charge >= 0.3 is 5.69 Å². The molecule has 0 radical (unpaired) electrons. The van der Waals surface area contributed by atoms with Gasteiger partial charge in [0.1, 0.15) is 6.10 Å². The zero-order chi connectivity index (χ0) is 13.1. The van der Waals surface area contributed by atoms with Crippen molar-refractivity contribution >= 4 is 22.0 Å². The molecular weight excluding hydrogens is 304 g/mol. The Kier molecular flexibility index (Phi) is 3.95. The second-order valence-corrected chi connectivity index (χ2v) is 4.20. The summed E-state index contributed by atoms with van der Waals surface area (Å²) in [5.41, 5.74) is -0.691. The quantitative estimate of drug-likeness (QED) is 0.788. The number of ether oxygens (including phenoxy) is 1.